The van der Waals surface area contributed by atoms with Gasteiger partial charge in [0.2, 0.25) is 5.91 Å². The number of nitrogens with one attached hydrogen (secondary N) is 1. The van der Waals surface area contributed by atoms with Crippen LogP contribution in [0.2, 0.25) is 0 Å². The number of nitrogens with zero attached hydrogens (tertiary/aromatic N) is 2. The number of amides is 2. The molecule has 2 rings (SSSR count). The number of hydrogen-bond donors (Lipinski definition) is 1. The third-order valence-electron chi connectivity index (χ3n) is 4.32. The number of ether oxygens (including phenoxy) is 1. The van der Waals surface area contributed by atoms with Gasteiger partial charge in [-0.15, -0.1) is 0 Å². The van der Waals surface area contributed by atoms with E-state index in [0.717, 1.165) is 19.4 Å². The molecule has 2 amide bonds. The summed E-state index contributed by atoms with van der Waals surface area (Å²) in [4.78, 5) is 30.7. The predicted octanol–water partition coefficient (Wildman–Crippen LogP) is 2.25. The van der Waals surface area contributed by atoms with Crippen molar-refractivity contribution in [3.05, 3.63) is 24.0 Å². The Morgan fingerprint density at radius 2 is 2.25 bits per heavy atom. The quantitative estimate of drug-likeness (QED) is 0.867. The van der Waals surface area contributed by atoms with Crippen LogP contribution in [0.4, 0.5) is 0 Å². The third-order valence-corrected chi connectivity index (χ3v) is 4.32. The fourth-order valence-electron chi connectivity index (χ4n) is 2.81. The van der Waals surface area contributed by atoms with Gasteiger partial charge in [-0.25, -0.2) is 4.98 Å². The minimum Gasteiger partial charge on any atom is -0.494 e. The smallest absolute Gasteiger partial charge is 0.273 e. The van der Waals surface area contributed by atoms with E-state index in [2.05, 4.69) is 24.1 Å². The fraction of sp³-hybridized carbons (Fsp3) is 0.611. The second-order valence-electron chi connectivity index (χ2n) is 6.62. The van der Waals surface area contributed by atoms with E-state index < -0.39 is 0 Å². The van der Waals surface area contributed by atoms with Gasteiger partial charge in [0, 0.05) is 31.7 Å². The molecule has 1 aliphatic rings. The van der Waals surface area contributed by atoms with Gasteiger partial charge >= 0.3 is 0 Å². The molecule has 1 atom stereocenters. The van der Waals surface area contributed by atoms with Crippen LogP contribution in [0.1, 0.15) is 50.0 Å². The minimum atomic E-state index is -0.250. The standard InChI is InChI=1S/C18H27N3O3/c1-13(2)8-11-21-12-9-14(6-7-16(21)22)20-18(23)17-15(24-3)5-4-10-19-17/h4-5,10,13-14H,6-9,11-12H2,1-3H3,(H,20,23). The van der Waals surface area contributed by atoms with Crippen LogP contribution in [0.5, 0.6) is 5.75 Å². The Morgan fingerprint density at radius 1 is 1.46 bits per heavy atom. The predicted molar refractivity (Wildman–Crippen MR) is 91.9 cm³/mol. The summed E-state index contributed by atoms with van der Waals surface area (Å²) in [6.45, 7) is 5.80. The number of pyridine rings is 1. The second kappa shape index (κ2) is 8.66. The average Bonchev–Trinajstić information content (AvgIpc) is 2.75. The molecule has 0 radical (unpaired) electrons. The van der Waals surface area contributed by atoms with Crippen molar-refractivity contribution in [1.82, 2.24) is 15.2 Å². The molecule has 1 aromatic rings. The van der Waals surface area contributed by atoms with Gasteiger partial charge in [-0.05, 0) is 37.3 Å². The number of aromatic nitrogens is 1. The summed E-state index contributed by atoms with van der Waals surface area (Å²) in [5.74, 6) is 0.967. The Labute approximate surface area is 143 Å². The van der Waals surface area contributed by atoms with Crippen molar-refractivity contribution in [1.29, 1.82) is 0 Å². The molecule has 0 spiro atoms. The lowest BCUT2D eigenvalue weighted by Gasteiger charge is -2.22. The number of likely N-dealkylation sites (tertiary alicyclic amines) is 1. The average molecular weight is 333 g/mol. The van der Waals surface area contributed by atoms with Gasteiger partial charge in [0.1, 0.15) is 5.75 Å². The highest BCUT2D eigenvalue weighted by Crippen LogP contribution is 2.17. The van der Waals surface area contributed by atoms with E-state index in [9.17, 15) is 9.59 Å². The van der Waals surface area contributed by atoms with Crippen LogP contribution in [0.15, 0.2) is 18.3 Å². The Bertz CT molecular complexity index is 574. The Kier molecular flexibility index (Phi) is 6.58. The fourth-order valence-corrected chi connectivity index (χ4v) is 2.81. The normalized spacial score (nSPS) is 18.4. The van der Waals surface area contributed by atoms with Crippen LogP contribution < -0.4 is 10.1 Å². The molecule has 1 saturated heterocycles. The van der Waals surface area contributed by atoms with Gasteiger partial charge in [0.05, 0.1) is 7.11 Å². The zero-order valence-corrected chi connectivity index (χ0v) is 14.7. The first-order valence-electron chi connectivity index (χ1n) is 8.59. The van der Waals surface area contributed by atoms with E-state index in [1.807, 2.05) is 4.90 Å². The largest absolute Gasteiger partial charge is 0.494 e. The first kappa shape index (κ1) is 18.2. The monoisotopic (exact) mass is 333 g/mol. The SMILES string of the molecule is COc1cccnc1C(=O)NC1CCC(=O)N(CCC(C)C)CC1. The second-order valence-corrected chi connectivity index (χ2v) is 6.62. The number of carbonyl (C=O) groups is 2. The highest BCUT2D eigenvalue weighted by Gasteiger charge is 2.24. The summed E-state index contributed by atoms with van der Waals surface area (Å²) in [6, 6.07) is 3.43. The van der Waals surface area contributed by atoms with Gasteiger partial charge in [-0.2, -0.15) is 0 Å². The van der Waals surface area contributed by atoms with Crippen LogP contribution in [-0.2, 0) is 4.79 Å². The molecule has 1 aromatic heterocycles. The Balaban J connectivity index is 1.94. The summed E-state index contributed by atoms with van der Waals surface area (Å²) in [5, 5.41) is 3.00. The van der Waals surface area contributed by atoms with Gasteiger partial charge in [-0.1, -0.05) is 13.8 Å². The lowest BCUT2D eigenvalue weighted by atomic mass is 10.1. The van der Waals surface area contributed by atoms with Crippen molar-refractivity contribution in [3.8, 4) is 5.75 Å². The topological polar surface area (TPSA) is 71.5 Å². The first-order valence-corrected chi connectivity index (χ1v) is 8.59. The Hall–Kier alpha value is -2.11. The number of rotatable bonds is 6. The van der Waals surface area contributed by atoms with E-state index >= 15 is 0 Å². The Morgan fingerprint density at radius 3 is 2.96 bits per heavy atom. The molecule has 0 saturated carbocycles. The number of methoxy groups -OCH3 is 1. The molecule has 6 heteroatoms. The number of hydrogen-bond acceptors (Lipinski definition) is 4. The molecule has 1 fully saturated rings. The molecule has 1 N–H and O–H groups in total. The maximum absolute atomic E-state index is 12.4. The van der Waals surface area contributed by atoms with Crippen LogP contribution in [0.3, 0.4) is 0 Å². The van der Waals surface area contributed by atoms with Crippen molar-refractivity contribution < 1.29 is 14.3 Å². The maximum Gasteiger partial charge on any atom is 0.273 e. The molecular formula is C18H27N3O3. The van der Waals surface area contributed by atoms with Crippen molar-refractivity contribution >= 4 is 11.8 Å². The molecule has 2 heterocycles. The zero-order chi connectivity index (χ0) is 17.5. The molecule has 0 aromatic carbocycles. The van der Waals surface area contributed by atoms with Crippen LogP contribution in [-0.4, -0.2) is 47.9 Å². The van der Waals surface area contributed by atoms with Crippen molar-refractivity contribution in [2.75, 3.05) is 20.2 Å². The van der Waals surface area contributed by atoms with Crippen molar-refractivity contribution in [2.24, 2.45) is 5.92 Å². The van der Waals surface area contributed by atoms with Gasteiger partial charge in [-0.3, -0.25) is 9.59 Å². The first-order chi connectivity index (χ1) is 11.5. The molecule has 24 heavy (non-hydrogen) atoms. The van der Waals surface area contributed by atoms with E-state index in [-0.39, 0.29) is 23.6 Å². The highest BCUT2D eigenvalue weighted by molar-refractivity contribution is 5.95. The molecule has 1 unspecified atom stereocenters. The molecule has 0 bridgehead atoms. The zero-order valence-electron chi connectivity index (χ0n) is 14.7. The van der Waals surface area contributed by atoms with E-state index in [1.54, 1.807) is 18.3 Å². The molecule has 1 aliphatic heterocycles. The summed E-state index contributed by atoms with van der Waals surface area (Å²) in [7, 11) is 1.52. The molecule has 6 nitrogen and oxygen atoms in total. The minimum absolute atomic E-state index is 0.0165. The van der Waals surface area contributed by atoms with Crippen LogP contribution in [0, 0.1) is 5.92 Å². The van der Waals surface area contributed by atoms with Gasteiger partial charge < -0.3 is 15.0 Å². The lowest BCUT2D eigenvalue weighted by molar-refractivity contribution is -0.130. The van der Waals surface area contributed by atoms with Gasteiger partial charge in [0.15, 0.2) is 5.69 Å². The summed E-state index contributed by atoms with van der Waals surface area (Å²) < 4.78 is 5.18. The number of carbonyl (C=O) groups excluding carboxylic acids is 2. The maximum atomic E-state index is 12.4. The molecular weight excluding hydrogens is 306 g/mol. The van der Waals surface area contributed by atoms with Gasteiger partial charge in [0.25, 0.3) is 5.91 Å². The van der Waals surface area contributed by atoms with Crippen molar-refractivity contribution in [3.63, 3.8) is 0 Å². The summed E-state index contributed by atoms with van der Waals surface area (Å²) >= 11 is 0. The van der Waals surface area contributed by atoms with E-state index in [0.29, 0.717) is 31.1 Å². The van der Waals surface area contributed by atoms with E-state index in [4.69, 9.17) is 4.74 Å². The highest BCUT2D eigenvalue weighted by atomic mass is 16.5. The molecule has 0 aliphatic carbocycles. The van der Waals surface area contributed by atoms with E-state index in [1.165, 1.54) is 7.11 Å². The molecule has 132 valence electrons. The van der Waals surface area contributed by atoms with Crippen molar-refractivity contribution in [2.45, 2.75) is 45.6 Å². The van der Waals surface area contributed by atoms with Crippen LogP contribution in [0.25, 0.3) is 0 Å². The lowest BCUT2D eigenvalue weighted by Crippen LogP contribution is -2.36. The summed E-state index contributed by atoms with van der Waals surface area (Å²) in [6.07, 6.45) is 4.49. The summed E-state index contributed by atoms with van der Waals surface area (Å²) in [5.41, 5.74) is 0.284. The third kappa shape index (κ3) is 4.94. The van der Waals surface area contributed by atoms with Crippen LogP contribution >= 0.6 is 0 Å².